The van der Waals surface area contributed by atoms with Gasteiger partial charge in [-0.3, -0.25) is 0 Å². The SMILES string of the molecule is CCNC(CCC(C)C)Cc1cc(F)cc(Br)c1. The topological polar surface area (TPSA) is 12.0 Å². The summed E-state index contributed by atoms with van der Waals surface area (Å²) in [4.78, 5) is 0. The first-order valence-corrected chi connectivity index (χ1v) is 7.49. The van der Waals surface area contributed by atoms with E-state index < -0.39 is 0 Å². The Morgan fingerprint density at radius 2 is 1.94 bits per heavy atom. The third kappa shape index (κ3) is 5.96. The number of likely N-dealkylation sites (N-methyl/N-ethyl adjacent to an activating group) is 1. The van der Waals surface area contributed by atoms with Crippen molar-refractivity contribution in [2.45, 2.75) is 46.1 Å². The summed E-state index contributed by atoms with van der Waals surface area (Å²) >= 11 is 3.34. The standard InChI is InChI=1S/C15H23BrFN/c1-4-18-15(6-5-11(2)3)9-12-7-13(16)10-14(17)8-12/h7-8,10-11,15,18H,4-6,9H2,1-3H3. The van der Waals surface area contributed by atoms with Crippen LogP contribution in [0.2, 0.25) is 0 Å². The number of rotatable bonds is 7. The van der Waals surface area contributed by atoms with E-state index >= 15 is 0 Å². The Bertz CT molecular complexity index is 345. The van der Waals surface area contributed by atoms with Crippen molar-refractivity contribution in [2.75, 3.05) is 6.54 Å². The zero-order valence-electron chi connectivity index (χ0n) is 11.5. The van der Waals surface area contributed by atoms with Gasteiger partial charge in [0.05, 0.1) is 0 Å². The lowest BCUT2D eigenvalue weighted by atomic mass is 9.98. The Balaban J connectivity index is 2.63. The van der Waals surface area contributed by atoms with E-state index in [1.54, 1.807) is 6.07 Å². The van der Waals surface area contributed by atoms with Crippen LogP contribution in [0.5, 0.6) is 0 Å². The van der Waals surface area contributed by atoms with E-state index in [-0.39, 0.29) is 5.82 Å². The normalized spacial score (nSPS) is 13.0. The summed E-state index contributed by atoms with van der Waals surface area (Å²) in [6, 6.07) is 5.57. The van der Waals surface area contributed by atoms with Crippen molar-refractivity contribution in [2.24, 2.45) is 5.92 Å². The quantitative estimate of drug-likeness (QED) is 0.778. The molecular weight excluding hydrogens is 293 g/mol. The van der Waals surface area contributed by atoms with Gasteiger partial charge in [0.15, 0.2) is 0 Å². The average molecular weight is 316 g/mol. The van der Waals surface area contributed by atoms with Crippen LogP contribution in [-0.2, 0) is 6.42 Å². The fourth-order valence-corrected chi connectivity index (χ4v) is 2.63. The lowest BCUT2D eigenvalue weighted by molar-refractivity contribution is 0.434. The summed E-state index contributed by atoms with van der Waals surface area (Å²) in [6.07, 6.45) is 3.23. The van der Waals surface area contributed by atoms with Crippen LogP contribution in [0.4, 0.5) is 4.39 Å². The van der Waals surface area contributed by atoms with Gasteiger partial charge in [-0.05, 0) is 55.5 Å². The van der Waals surface area contributed by atoms with E-state index in [2.05, 4.69) is 42.0 Å². The molecule has 1 N–H and O–H groups in total. The van der Waals surface area contributed by atoms with Gasteiger partial charge in [-0.2, -0.15) is 0 Å². The molecule has 0 aliphatic heterocycles. The Morgan fingerprint density at radius 1 is 1.22 bits per heavy atom. The van der Waals surface area contributed by atoms with Crippen LogP contribution in [-0.4, -0.2) is 12.6 Å². The first-order valence-electron chi connectivity index (χ1n) is 6.69. The first-order chi connectivity index (χ1) is 8.51. The molecule has 0 saturated heterocycles. The van der Waals surface area contributed by atoms with Gasteiger partial charge in [0.25, 0.3) is 0 Å². The number of halogens is 2. The van der Waals surface area contributed by atoms with E-state index in [1.165, 1.54) is 12.5 Å². The van der Waals surface area contributed by atoms with E-state index in [1.807, 2.05) is 6.07 Å². The maximum atomic E-state index is 13.3. The van der Waals surface area contributed by atoms with Crippen LogP contribution >= 0.6 is 15.9 Å². The van der Waals surface area contributed by atoms with Gasteiger partial charge in [-0.15, -0.1) is 0 Å². The maximum absolute atomic E-state index is 13.3. The molecule has 0 aliphatic rings. The van der Waals surface area contributed by atoms with Crippen molar-refractivity contribution in [1.82, 2.24) is 5.32 Å². The molecule has 1 nitrogen and oxygen atoms in total. The molecule has 0 aromatic heterocycles. The summed E-state index contributed by atoms with van der Waals surface area (Å²) in [6.45, 7) is 7.55. The Labute approximate surface area is 118 Å². The van der Waals surface area contributed by atoms with Crippen LogP contribution < -0.4 is 5.32 Å². The molecule has 102 valence electrons. The molecule has 0 fully saturated rings. The fourth-order valence-electron chi connectivity index (χ4n) is 2.11. The van der Waals surface area contributed by atoms with Gasteiger partial charge < -0.3 is 5.32 Å². The number of benzene rings is 1. The molecule has 1 aromatic carbocycles. The van der Waals surface area contributed by atoms with Crippen molar-refractivity contribution in [3.63, 3.8) is 0 Å². The number of hydrogen-bond donors (Lipinski definition) is 1. The fraction of sp³-hybridized carbons (Fsp3) is 0.600. The Kier molecular flexibility index (Phi) is 6.87. The molecule has 1 unspecified atom stereocenters. The van der Waals surface area contributed by atoms with Crippen LogP contribution in [0.25, 0.3) is 0 Å². The lowest BCUT2D eigenvalue weighted by Gasteiger charge is -2.19. The Hall–Kier alpha value is -0.410. The molecular formula is C15H23BrFN. The second-order valence-electron chi connectivity index (χ2n) is 5.21. The second kappa shape index (κ2) is 7.90. The maximum Gasteiger partial charge on any atom is 0.124 e. The van der Waals surface area contributed by atoms with Crippen molar-refractivity contribution in [3.8, 4) is 0 Å². The summed E-state index contributed by atoms with van der Waals surface area (Å²) in [5.74, 6) is 0.545. The molecule has 0 bridgehead atoms. The molecule has 0 saturated carbocycles. The highest BCUT2D eigenvalue weighted by Gasteiger charge is 2.10. The highest BCUT2D eigenvalue weighted by Crippen LogP contribution is 2.18. The number of nitrogens with one attached hydrogen (secondary N) is 1. The lowest BCUT2D eigenvalue weighted by Crippen LogP contribution is -2.31. The zero-order valence-corrected chi connectivity index (χ0v) is 13.1. The van der Waals surface area contributed by atoms with Crippen molar-refractivity contribution in [3.05, 3.63) is 34.1 Å². The van der Waals surface area contributed by atoms with Gasteiger partial charge in [-0.1, -0.05) is 36.7 Å². The van der Waals surface area contributed by atoms with Crippen LogP contribution in [0, 0.1) is 11.7 Å². The zero-order chi connectivity index (χ0) is 13.5. The monoisotopic (exact) mass is 315 g/mol. The number of hydrogen-bond acceptors (Lipinski definition) is 1. The van der Waals surface area contributed by atoms with E-state index in [4.69, 9.17) is 0 Å². The van der Waals surface area contributed by atoms with Crippen LogP contribution in [0.1, 0.15) is 39.2 Å². The second-order valence-corrected chi connectivity index (χ2v) is 6.12. The van der Waals surface area contributed by atoms with E-state index in [0.717, 1.165) is 29.4 Å². The third-order valence-corrected chi connectivity index (χ3v) is 3.45. The molecule has 3 heteroatoms. The van der Waals surface area contributed by atoms with E-state index in [9.17, 15) is 4.39 Å². The minimum atomic E-state index is -0.168. The van der Waals surface area contributed by atoms with Crippen molar-refractivity contribution >= 4 is 15.9 Å². The smallest absolute Gasteiger partial charge is 0.124 e. The average Bonchev–Trinajstić information content (AvgIpc) is 2.24. The minimum absolute atomic E-state index is 0.168. The Morgan fingerprint density at radius 3 is 2.50 bits per heavy atom. The summed E-state index contributed by atoms with van der Waals surface area (Å²) < 4.78 is 14.1. The van der Waals surface area contributed by atoms with Gasteiger partial charge in [0.1, 0.15) is 5.82 Å². The van der Waals surface area contributed by atoms with Crippen LogP contribution in [0.3, 0.4) is 0 Å². The summed E-state index contributed by atoms with van der Waals surface area (Å²) in [7, 11) is 0. The summed E-state index contributed by atoms with van der Waals surface area (Å²) in [5, 5.41) is 3.49. The van der Waals surface area contributed by atoms with Crippen LogP contribution in [0.15, 0.2) is 22.7 Å². The summed E-state index contributed by atoms with van der Waals surface area (Å²) in [5.41, 5.74) is 1.05. The highest BCUT2D eigenvalue weighted by atomic mass is 79.9. The third-order valence-electron chi connectivity index (χ3n) is 2.99. The van der Waals surface area contributed by atoms with Crippen molar-refractivity contribution in [1.29, 1.82) is 0 Å². The molecule has 1 atom stereocenters. The molecule has 0 aliphatic carbocycles. The first kappa shape index (κ1) is 15.6. The molecule has 18 heavy (non-hydrogen) atoms. The molecule has 0 amide bonds. The predicted molar refractivity (Wildman–Crippen MR) is 79.3 cm³/mol. The molecule has 0 spiro atoms. The largest absolute Gasteiger partial charge is 0.314 e. The van der Waals surface area contributed by atoms with Crippen molar-refractivity contribution < 1.29 is 4.39 Å². The highest BCUT2D eigenvalue weighted by molar-refractivity contribution is 9.10. The van der Waals surface area contributed by atoms with Gasteiger partial charge in [0.2, 0.25) is 0 Å². The molecule has 1 rings (SSSR count). The van der Waals surface area contributed by atoms with Gasteiger partial charge in [0, 0.05) is 10.5 Å². The molecule has 0 heterocycles. The van der Waals surface area contributed by atoms with E-state index in [0.29, 0.717) is 12.0 Å². The molecule has 0 radical (unpaired) electrons. The predicted octanol–water partition coefficient (Wildman–Crippen LogP) is 4.55. The van der Waals surface area contributed by atoms with Gasteiger partial charge >= 0.3 is 0 Å². The van der Waals surface area contributed by atoms with Gasteiger partial charge in [-0.25, -0.2) is 4.39 Å². The molecule has 1 aromatic rings. The minimum Gasteiger partial charge on any atom is -0.314 e.